The monoisotopic (exact) mass is 443 g/mol. The van der Waals surface area contributed by atoms with Crippen molar-refractivity contribution in [1.82, 2.24) is 15.8 Å². The van der Waals surface area contributed by atoms with E-state index in [1.54, 1.807) is 30.0 Å². The van der Waals surface area contributed by atoms with Crippen LogP contribution >= 0.6 is 11.3 Å². The molecule has 9 nitrogen and oxygen atoms in total. The summed E-state index contributed by atoms with van der Waals surface area (Å²) in [5, 5.41) is 0.780. The molecule has 3 heterocycles. The molecule has 10 heteroatoms. The van der Waals surface area contributed by atoms with Crippen molar-refractivity contribution in [1.29, 1.82) is 0 Å². The van der Waals surface area contributed by atoms with Gasteiger partial charge in [-0.25, -0.2) is 4.98 Å². The lowest BCUT2D eigenvalue weighted by atomic mass is 10.1. The summed E-state index contributed by atoms with van der Waals surface area (Å²) in [6.45, 7) is 7.00. The molecule has 0 saturated carbocycles. The highest BCUT2D eigenvalue weighted by Gasteiger charge is 2.25. The molecule has 1 aromatic carbocycles. The zero-order chi connectivity index (χ0) is 22.0. The molecular weight excluding hydrogens is 418 g/mol. The number of aromatic nitrogens is 1. The molecule has 0 bridgehead atoms. The molecule has 2 aliphatic rings. The Bertz CT molecular complexity index is 1020. The van der Waals surface area contributed by atoms with E-state index in [2.05, 4.69) is 20.7 Å². The van der Waals surface area contributed by atoms with Gasteiger partial charge in [0.25, 0.3) is 11.8 Å². The Morgan fingerprint density at radius 1 is 1.13 bits per heavy atom. The summed E-state index contributed by atoms with van der Waals surface area (Å²) < 4.78 is 5.35. The number of hydrogen-bond acceptors (Lipinski definition) is 7. The largest absolute Gasteiger partial charge is 0.378 e. The van der Waals surface area contributed by atoms with E-state index in [-0.39, 0.29) is 5.91 Å². The predicted molar refractivity (Wildman–Crippen MR) is 118 cm³/mol. The fraction of sp³-hybridized carbons (Fsp3) is 0.429. The number of hydrazine groups is 1. The van der Waals surface area contributed by atoms with E-state index in [9.17, 15) is 14.4 Å². The number of morpholine rings is 1. The molecule has 0 aliphatic carbocycles. The summed E-state index contributed by atoms with van der Waals surface area (Å²) >= 11 is 1.30. The van der Waals surface area contributed by atoms with E-state index in [4.69, 9.17) is 4.74 Å². The molecule has 164 valence electrons. The molecule has 1 fully saturated rings. The van der Waals surface area contributed by atoms with Crippen molar-refractivity contribution in [3.8, 4) is 0 Å². The van der Waals surface area contributed by atoms with Crippen molar-refractivity contribution in [3.05, 3.63) is 39.9 Å². The topological polar surface area (TPSA) is 104 Å². The number of carbonyl (C=O) groups is 3. The molecule has 3 amide bonds. The number of carbonyl (C=O) groups excluding carboxylic acids is 3. The Morgan fingerprint density at radius 2 is 1.87 bits per heavy atom. The lowest BCUT2D eigenvalue weighted by molar-refractivity contribution is -0.118. The molecule has 0 spiro atoms. The molecule has 0 unspecified atom stereocenters. The summed E-state index contributed by atoms with van der Waals surface area (Å²) in [5.41, 5.74) is 7.81. The SMILES string of the molecule is CCC(=O)N1CCc2cc(C(=O)NNC(=O)c3sc(N4CCOCC4)nc3C)ccc21. The highest BCUT2D eigenvalue weighted by Crippen LogP contribution is 2.29. The molecule has 2 aromatic rings. The maximum atomic E-state index is 12.6. The second-order valence-electron chi connectivity index (χ2n) is 7.41. The van der Waals surface area contributed by atoms with Crippen LogP contribution in [0.2, 0.25) is 0 Å². The Labute approximate surface area is 184 Å². The Balaban J connectivity index is 1.38. The smallest absolute Gasteiger partial charge is 0.281 e. The van der Waals surface area contributed by atoms with Crippen LogP contribution in [-0.4, -0.2) is 55.6 Å². The van der Waals surface area contributed by atoms with Crippen LogP contribution in [-0.2, 0) is 16.0 Å². The van der Waals surface area contributed by atoms with Crippen LogP contribution in [0.25, 0.3) is 0 Å². The third kappa shape index (κ3) is 4.40. The summed E-state index contributed by atoms with van der Waals surface area (Å²) in [4.78, 5) is 46.0. The average molecular weight is 444 g/mol. The molecule has 1 saturated heterocycles. The van der Waals surface area contributed by atoms with Crippen LogP contribution in [0.3, 0.4) is 0 Å². The van der Waals surface area contributed by atoms with Gasteiger partial charge in [0.05, 0.1) is 18.9 Å². The lowest BCUT2D eigenvalue weighted by Crippen LogP contribution is -2.41. The zero-order valence-corrected chi connectivity index (χ0v) is 18.4. The van der Waals surface area contributed by atoms with Crippen molar-refractivity contribution in [2.45, 2.75) is 26.7 Å². The van der Waals surface area contributed by atoms with Crippen molar-refractivity contribution >= 4 is 39.9 Å². The van der Waals surface area contributed by atoms with E-state index < -0.39 is 11.8 Å². The summed E-state index contributed by atoms with van der Waals surface area (Å²) in [6, 6.07) is 5.22. The number of fused-ring (bicyclic) bond motifs is 1. The Kier molecular flexibility index (Phi) is 6.19. The molecule has 0 radical (unpaired) electrons. The van der Waals surface area contributed by atoms with Crippen molar-refractivity contribution < 1.29 is 19.1 Å². The van der Waals surface area contributed by atoms with Gasteiger partial charge in [-0.15, -0.1) is 0 Å². The highest BCUT2D eigenvalue weighted by atomic mass is 32.1. The number of aryl methyl sites for hydroxylation is 1. The van der Waals surface area contributed by atoms with E-state index in [1.807, 2.05) is 6.92 Å². The van der Waals surface area contributed by atoms with Crippen molar-refractivity contribution in [2.75, 3.05) is 42.6 Å². The van der Waals surface area contributed by atoms with Crippen LogP contribution in [0.1, 0.15) is 44.6 Å². The fourth-order valence-corrected chi connectivity index (χ4v) is 4.73. The van der Waals surface area contributed by atoms with E-state index in [1.165, 1.54) is 11.3 Å². The molecule has 2 aliphatic heterocycles. The van der Waals surface area contributed by atoms with Gasteiger partial charge in [0.2, 0.25) is 5.91 Å². The van der Waals surface area contributed by atoms with Crippen LogP contribution in [0.15, 0.2) is 18.2 Å². The first-order valence-electron chi connectivity index (χ1n) is 10.3. The van der Waals surface area contributed by atoms with E-state index in [0.717, 1.165) is 29.5 Å². The number of benzene rings is 1. The van der Waals surface area contributed by atoms with Crippen LogP contribution in [0.5, 0.6) is 0 Å². The zero-order valence-electron chi connectivity index (χ0n) is 17.6. The van der Waals surface area contributed by atoms with E-state index >= 15 is 0 Å². The summed E-state index contributed by atoms with van der Waals surface area (Å²) in [5.74, 6) is -0.740. The van der Waals surface area contributed by atoms with Crippen LogP contribution in [0.4, 0.5) is 10.8 Å². The van der Waals surface area contributed by atoms with Gasteiger partial charge in [-0.1, -0.05) is 18.3 Å². The molecule has 2 N–H and O–H groups in total. The van der Waals surface area contributed by atoms with Crippen molar-refractivity contribution in [3.63, 3.8) is 0 Å². The van der Waals surface area contributed by atoms with Gasteiger partial charge in [0, 0.05) is 37.3 Å². The maximum absolute atomic E-state index is 12.6. The Hall–Kier alpha value is -2.98. The number of hydrogen-bond donors (Lipinski definition) is 2. The van der Waals surface area contributed by atoms with Crippen molar-refractivity contribution in [2.24, 2.45) is 0 Å². The number of nitrogens with zero attached hydrogens (tertiary/aromatic N) is 3. The minimum absolute atomic E-state index is 0.0691. The lowest BCUT2D eigenvalue weighted by Gasteiger charge is -2.25. The second-order valence-corrected chi connectivity index (χ2v) is 8.39. The van der Waals surface area contributed by atoms with Crippen LogP contribution < -0.4 is 20.7 Å². The molecule has 4 rings (SSSR count). The number of amides is 3. The summed E-state index contributed by atoms with van der Waals surface area (Å²) in [6.07, 6.45) is 1.15. The number of thiazole rings is 1. The highest BCUT2D eigenvalue weighted by molar-refractivity contribution is 7.17. The van der Waals surface area contributed by atoms with Gasteiger partial charge >= 0.3 is 0 Å². The first-order chi connectivity index (χ1) is 15.0. The number of rotatable bonds is 4. The minimum Gasteiger partial charge on any atom is -0.378 e. The van der Waals surface area contributed by atoms with Gasteiger partial charge in [0.1, 0.15) is 4.88 Å². The van der Waals surface area contributed by atoms with Gasteiger partial charge in [0.15, 0.2) is 5.13 Å². The summed E-state index contributed by atoms with van der Waals surface area (Å²) in [7, 11) is 0. The average Bonchev–Trinajstić information content (AvgIpc) is 3.40. The van der Waals surface area contributed by atoms with Gasteiger partial charge < -0.3 is 14.5 Å². The Morgan fingerprint density at radius 3 is 2.61 bits per heavy atom. The first kappa shape index (κ1) is 21.3. The van der Waals surface area contributed by atoms with Crippen LogP contribution in [0, 0.1) is 6.92 Å². The fourth-order valence-electron chi connectivity index (χ4n) is 3.72. The standard InChI is InChI=1S/C21H25N5O4S/c1-3-17(27)26-7-6-14-12-15(4-5-16(14)26)19(28)23-24-20(29)18-13(2)22-21(31-18)25-8-10-30-11-9-25/h4-5,12H,3,6-11H2,1-2H3,(H,23,28)(H,24,29). The molecule has 31 heavy (non-hydrogen) atoms. The maximum Gasteiger partial charge on any atom is 0.281 e. The van der Waals surface area contributed by atoms with Gasteiger partial charge in [-0.2, -0.15) is 0 Å². The van der Waals surface area contributed by atoms with Gasteiger partial charge in [-0.3, -0.25) is 25.2 Å². The number of nitrogens with one attached hydrogen (secondary N) is 2. The van der Waals surface area contributed by atoms with Gasteiger partial charge in [-0.05, 0) is 37.1 Å². The first-order valence-corrected chi connectivity index (χ1v) is 11.1. The predicted octanol–water partition coefficient (Wildman–Crippen LogP) is 1.66. The number of ether oxygens (including phenoxy) is 1. The van der Waals surface area contributed by atoms with E-state index in [0.29, 0.717) is 48.7 Å². The minimum atomic E-state index is -0.410. The normalized spacial score (nSPS) is 15.5. The quantitative estimate of drug-likeness (QED) is 0.697. The molecular formula is C21H25N5O4S. The molecule has 1 aromatic heterocycles. The molecule has 0 atom stereocenters. The number of anilines is 2. The second kappa shape index (κ2) is 9.03. The third-order valence-corrected chi connectivity index (χ3v) is 6.62. The third-order valence-electron chi connectivity index (χ3n) is 5.40.